The summed E-state index contributed by atoms with van der Waals surface area (Å²) in [5.74, 6) is 0. The van der Waals surface area contributed by atoms with E-state index < -0.39 is 0 Å². The average Bonchev–Trinajstić information content (AvgIpc) is 2.53. The summed E-state index contributed by atoms with van der Waals surface area (Å²) in [6.45, 7) is 8.41. The Bertz CT molecular complexity index is 472. The lowest BCUT2D eigenvalue weighted by atomic mass is 10.2. The third-order valence-corrected chi connectivity index (χ3v) is 4.57. The molecule has 1 saturated heterocycles. The Kier molecular flexibility index (Phi) is 5.88. The number of nitrogens with zero attached hydrogens (tertiary/aromatic N) is 2. The largest absolute Gasteiger partial charge is 0.334 e. The highest BCUT2D eigenvalue weighted by atomic mass is 35.5. The predicted molar refractivity (Wildman–Crippen MR) is 86.6 cm³/mol. The first-order valence-electron chi connectivity index (χ1n) is 7.62. The van der Waals surface area contributed by atoms with Crippen LogP contribution >= 0.6 is 11.6 Å². The second kappa shape index (κ2) is 7.66. The van der Waals surface area contributed by atoms with Crippen LogP contribution in [0.3, 0.4) is 0 Å². The van der Waals surface area contributed by atoms with Gasteiger partial charge in [-0.15, -0.1) is 0 Å². The third kappa shape index (κ3) is 4.35. The minimum atomic E-state index is -0.00118. The summed E-state index contributed by atoms with van der Waals surface area (Å²) in [4.78, 5) is 16.5. The van der Waals surface area contributed by atoms with E-state index in [0.29, 0.717) is 17.6 Å². The zero-order chi connectivity index (χ0) is 15.2. The van der Waals surface area contributed by atoms with Gasteiger partial charge in [-0.05, 0) is 25.0 Å². The highest BCUT2D eigenvalue weighted by Crippen LogP contribution is 2.14. The summed E-state index contributed by atoms with van der Waals surface area (Å²) in [5.41, 5.74) is 0.950. The number of carbonyl (C=O) groups is 1. The molecule has 116 valence electrons. The van der Waals surface area contributed by atoms with Crippen LogP contribution in [0.1, 0.15) is 25.8 Å². The van der Waals surface area contributed by atoms with Gasteiger partial charge in [-0.1, -0.05) is 36.7 Å². The number of rotatable bonds is 4. The molecule has 1 N–H and O–H groups in total. The molecule has 1 aliphatic heterocycles. The lowest BCUT2D eigenvalue weighted by molar-refractivity contribution is 0.112. The van der Waals surface area contributed by atoms with Gasteiger partial charge >= 0.3 is 6.03 Å². The van der Waals surface area contributed by atoms with E-state index in [9.17, 15) is 4.79 Å². The van der Waals surface area contributed by atoms with Crippen LogP contribution in [-0.4, -0.2) is 48.1 Å². The molecule has 21 heavy (non-hydrogen) atoms. The van der Waals surface area contributed by atoms with Crippen molar-refractivity contribution in [2.75, 3.05) is 26.2 Å². The maximum absolute atomic E-state index is 12.2. The molecule has 1 fully saturated rings. The lowest BCUT2D eigenvalue weighted by Crippen LogP contribution is -2.53. The summed E-state index contributed by atoms with van der Waals surface area (Å²) in [5, 5.41) is 3.65. The number of halogens is 1. The molecular formula is C16H24ClN3O. The Morgan fingerprint density at radius 2 is 1.95 bits per heavy atom. The first-order chi connectivity index (χ1) is 10.1. The van der Waals surface area contributed by atoms with Gasteiger partial charge in [0.25, 0.3) is 0 Å². The van der Waals surface area contributed by atoms with Crippen LogP contribution in [0.15, 0.2) is 24.3 Å². The van der Waals surface area contributed by atoms with Crippen molar-refractivity contribution in [1.29, 1.82) is 0 Å². The second-order valence-electron chi connectivity index (χ2n) is 5.53. The molecule has 0 aromatic heterocycles. The Hall–Kier alpha value is -1.26. The van der Waals surface area contributed by atoms with E-state index in [1.165, 1.54) is 0 Å². The topological polar surface area (TPSA) is 35.6 Å². The van der Waals surface area contributed by atoms with Crippen LogP contribution in [0.2, 0.25) is 5.02 Å². The van der Waals surface area contributed by atoms with E-state index in [1.54, 1.807) is 0 Å². The first-order valence-corrected chi connectivity index (χ1v) is 7.99. The van der Waals surface area contributed by atoms with E-state index in [0.717, 1.165) is 38.2 Å². The van der Waals surface area contributed by atoms with Crippen LogP contribution in [0.25, 0.3) is 0 Å². The maximum Gasteiger partial charge on any atom is 0.317 e. The van der Waals surface area contributed by atoms with Gasteiger partial charge in [0.05, 0.1) is 0 Å². The van der Waals surface area contributed by atoms with Crippen LogP contribution in [0.4, 0.5) is 4.79 Å². The van der Waals surface area contributed by atoms with Gasteiger partial charge in [0.15, 0.2) is 0 Å². The molecule has 1 aromatic rings. The van der Waals surface area contributed by atoms with Gasteiger partial charge < -0.3 is 10.2 Å². The fraction of sp³-hybridized carbons (Fsp3) is 0.562. The number of amides is 2. The van der Waals surface area contributed by atoms with E-state index in [-0.39, 0.29) is 6.03 Å². The fourth-order valence-corrected chi connectivity index (χ4v) is 2.75. The number of nitrogens with one attached hydrogen (secondary N) is 1. The molecule has 0 saturated carbocycles. The summed E-state index contributed by atoms with van der Waals surface area (Å²) in [6.07, 6.45) is 1.15. The number of hydrogen-bond acceptors (Lipinski definition) is 2. The third-order valence-electron chi connectivity index (χ3n) is 4.20. The molecule has 1 atom stereocenters. The predicted octanol–water partition coefficient (Wildman–Crippen LogP) is 2.97. The Balaban J connectivity index is 1.79. The average molecular weight is 310 g/mol. The zero-order valence-electron chi connectivity index (χ0n) is 12.8. The van der Waals surface area contributed by atoms with E-state index in [4.69, 9.17) is 11.6 Å². The van der Waals surface area contributed by atoms with Crippen molar-refractivity contribution in [3.8, 4) is 0 Å². The number of hydrogen-bond donors (Lipinski definition) is 1. The standard InChI is InChI=1S/C16H24ClN3O/c1-3-13(2)19-8-10-20(11-9-19)16(21)18-12-14-6-4-5-7-15(14)17/h4-7,13H,3,8-12H2,1-2H3,(H,18,21). The zero-order valence-corrected chi connectivity index (χ0v) is 13.6. The number of piperazine rings is 1. The van der Waals surface area contributed by atoms with Gasteiger partial charge in [-0.25, -0.2) is 4.79 Å². The van der Waals surface area contributed by atoms with Crippen molar-refractivity contribution in [2.24, 2.45) is 0 Å². The molecular weight excluding hydrogens is 286 g/mol. The maximum atomic E-state index is 12.2. The van der Waals surface area contributed by atoms with Crippen molar-refractivity contribution < 1.29 is 4.79 Å². The van der Waals surface area contributed by atoms with E-state index in [1.807, 2.05) is 29.2 Å². The van der Waals surface area contributed by atoms with Gasteiger partial charge in [0, 0.05) is 43.8 Å². The molecule has 0 radical (unpaired) electrons. The van der Waals surface area contributed by atoms with Crippen molar-refractivity contribution in [3.05, 3.63) is 34.9 Å². The summed E-state index contributed by atoms with van der Waals surface area (Å²) in [7, 11) is 0. The van der Waals surface area contributed by atoms with Crippen molar-refractivity contribution in [1.82, 2.24) is 15.1 Å². The molecule has 1 aliphatic rings. The van der Waals surface area contributed by atoms with Crippen LogP contribution in [0, 0.1) is 0 Å². The Morgan fingerprint density at radius 3 is 2.57 bits per heavy atom. The molecule has 1 unspecified atom stereocenters. The molecule has 1 aromatic carbocycles. The van der Waals surface area contributed by atoms with Crippen molar-refractivity contribution in [2.45, 2.75) is 32.9 Å². The van der Waals surface area contributed by atoms with E-state index in [2.05, 4.69) is 24.1 Å². The van der Waals surface area contributed by atoms with Crippen molar-refractivity contribution in [3.63, 3.8) is 0 Å². The molecule has 0 spiro atoms. The SMILES string of the molecule is CCC(C)N1CCN(C(=O)NCc2ccccc2Cl)CC1. The van der Waals surface area contributed by atoms with Crippen LogP contribution in [0.5, 0.6) is 0 Å². The quantitative estimate of drug-likeness (QED) is 0.928. The smallest absolute Gasteiger partial charge is 0.317 e. The van der Waals surface area contributed by atoms with Crippen molar-refractivity contribution >= 4 is 17.6 Å². The van der Waals surface area contributed by atoms with E-state index >= 15 is 0 Å². The van der Waals surface area contributed by atoms with Gasteiger partial charge in [0.1, 0.15) is 0 Å². The van der Waals surface area contributed by atoms with Crippen LogP contribution in [-0.2, 0) is 6.54 Å². The molecule has 5 heteroatoms. The summed E-state index contributed by atoms with van der Waals surface area (Å²) in [6, 6.07) is 8.19. The second-order valence-corrected chi connectivity index (χ2v) is 5.94. The number of benzene rings is 1. The molecule has 0 bridgehead atoms. The minimum absolute atomic E-state index is 0.00118. The van der Waals surface area contributed by atoms with Crippen LogP contribution < -0.4 is 5.32 Å². The molecule has 4 nitrogen and oxygen atoms in total. The van der Waals surface area contributed by atoms with Gasteiger partial charge in [-0.2, -0.15) is 0 Å². The monoisotopic (exact) mass is 309 g/mol. The molecule has 0 aliphatic carbocycles. The van der Waals surface area contributed by atoms with Gasteiger partial charge in [0.2, 0.25) is 0 Å². The highest BCUT2D eigenvalue weighted by molar-refractivity contribution is 6.31. The lowest BCUT2D eigenvalue weighted by Gasteiger charge is -2.37. The molecule has 2 rings (SSSR count). The Labute approximate surface area is 132 Å². The Morgan fingerprint density at radius 1 is 1.29 bits per heavy atom. The summed E-state index contributed by atoms with van der Waals surface area (Å²) < 4.78 is 0. The summed E-state index contributed by atoms with van der Waals surface area (Å²) >= 11 is 6.09. The molecule has 1 heterocycles. The first kappa shape index (κ1) is 16.1. The molecule has 2 amide bonds. The highest BCUT2D eigenvalue weighted by Gasteiger charge is 2.23. The fourth-order valence-electron chi connectivity index (χ4n) is 2.55. The number of urea groups is 1. The minimum Gasteiger partial charge on any atom is -0.334 e. The van der Waals surface area contributed by atoms with Gasteiger partial charge in [-0.3, -0.25) is 4.90 Å². The normalized spacial score (nSPS) is 17.6. The number of carbonyl (C=O) groups excluding carboxylic acids is 1.